The highest BCUT2D eigenvalue weighted by Crippen LogP contribution is 2.46. The molecule has 4 rings (SSSR count). The maximum Gasteiger partial charge on any atom is 0.263 e. The van der Waals surface area contributed by atoms with Gasteiger partial charge >= 0.3 is 0 Å². The Morgan fingerprint density at radius 2 is 1.59 bits per heavy atom. The first kappa shape index (κ1) is 18.2. The van der Waals surface area contributed by atoms with Gasteiger partial charge in [0, 0.05) is 26.2 Å². The van der Waals surface area contributed by atoms with Crippen molar-refractivity contribution in [2.24, 2.45) is 18.9 Å². The first-order valence-electron chi connectivity index (χ1n) is 9.89. The van der Waals surface area contributed by atoms with Crippen LogP contribution in [-0.2, 0) is 7.05 Å². The van der Waals surface area contributed by atoms with Crippen molar-refractivity contribution in [2.45, 2.75) is 37.8 Å². The smallest absolute Gasteiger partial charge is 0.263 e. The lowest BCUT2D eigenvalue weighted by atomic mass is 10.0. The van der Waals surface area contributed by atoms with Gasteiger partial charge in [0.2, 0.25) is 0 Å². The molecule has 1 aromatic carbocycles. The van der Waals surface area contributed by atoms with Crippen molar-refractivity contribution in [2.75, 3.05) is 21.1 Å². The predicted molar refractivity (Wildman–Crippen MR) is 108 cm³/mol. The normalized spacial score (nSPS) is 27.3. The molecule has 2 aliphatic carbocycles. The van der Waals surface area contributed by atoms with Crippen molar-refractivity contribution < 1.29 is 4.79 Å². The van der Waals surface area contributed by atoms with Crippen LogP contribution < -0.4 is 5.56 Å². The topological polar surface area (TPSA) is 45.5 Å². The Kier molecular flexibility index (Phi) is 4.58. The molecule has 0 aliphatic heterocycles. The van der Waals surface area contributed by atoms with Crippen LogP contribution in [0.3, 0.4) is 0 Å². The number of nitrogens with zero attached hydrogens (tertiary/aromatic N) is 3. The van der Waals surface area contributed by atoms with E-state index in [1.807, 2.05) is 36.2 Å². The van der Waals surface area contributed by atoms with Crippen molar-refractivity contribution >= 4 is 16.8 Å². The van der Waals surface area contributed by atoms with Crippen LogP contribution in [0.4, 0.5) is 0 Å². The predicted octanol–water partition coefficient (Wildman–Crippen LogP) is 2.73. The zero-order valence-electron chi connectivity index (χ0n) is 16.7. The molecule has 0 spiro atoms. The lowest BCUT2D eigenvalue weighted by molar-refractivity contribution is 0.0724. The van der Waals surface area contributed by atoms with Gasteiger partial charge < -0.3 is 14.4 Å². The van der Waals surface area contributed by atoms with E-state index in [9.17, 15) is 9.59 Å². The van der Waals surface area contributed by atoms with Crippen LogP contribution >= 0.6 is 0 Å². The molecule has 0 bridgehead atoms. The number of hydrogen-bond acceptors (Lipinski definition) is 3. The largest absolute Gasteiger partial charge is 0.339 e. The Morgan fingerprint density at radius 3 is 2.22 bits per heavy atom. The Labute approximate surface area is 160 Å². The SMILES string of the molecule is CN(C)C1C[C@@H]2CC(N(C)C(=O)c3cc4ccccc4n(C)c3=O)C[C@@H]2C1. The molecule has 2 fully saturated rings. The summed E-state index contributed by atoms with van der Waals surface area (Å²) in [6.45, 7) is 0. The van der Waals surface area contributed by atoms with Gasteiger partial charge in [0.15, 0.2) is 0 Å². The van der Waals surface area contributed by atoms with E-state index in [0.717, 1.165) is 23.7 Å². The number of hydrogen-bond donors (Lipinski definition) is 0. The number of aromatic nitrogens is 1. The Hall–Kier alpha value is -2.14. The zero-order chi connectivity index (χ0) is 19.3. The van der Waals surface area contributed by atoms with E-state index in [2.05, 4.69) is 19.0 Å². The monoisotopic (exact) mass is 367 g/mol. The van der Waals surface area contributed by atoms with Crippen LogP contribution in [0.2, 0.25) is 0 Å². The van der Waals surface area contributed by atoms with Gasteiger partial charge in [-0.15, -0.1) is 0 Å². The lowest BCUT2D eigenvalue weighted by Gasteiger charge is -2.27. The molecule has 1 heterocycles. The Balaban J connectivity index is 1.55. The second-order valence-corrected chi connectivity index (χ2v) is 8.63. The van der Waals surface area contributed by atoms with Crippen LogP contribution in [0.5, 0.6) is 0 Å². The number of amides is 1. The molecule has 5 heteroatoms. The molecule has 4 atom stereocenters. The molecule has 0 N–H and O–H groups in total. The van der Waals surface area contributed by atoms with Crippen molar-refractivity contribution in [3.63, 3.8) is 0 Å². The van der Waals surface area contributed by atoms with E-state index in [1.54, 1.807) is 17.7 Å². The van der Waals surface area contributed by atoms with Crippen molar-refractivity contribution in [1.82, 2.24) is 14.4 Å². The molecule has 0 saturated heterocycles. The van der Waals surface area contributed by atoms with E-state index in [-0.39, 0.29) is 23.1 Å². The molecular formula is C22H29N3O2. The number of pyridine rings is 1. The van der Waals surface area contributed by atoms with Crippen LogP contribution in [0.25, 0.3) is 10.9 Å². The number of rotatable bonds is 3. The third-order valence-electron chi connectivity index (χ3n) is 6.93. The number of para-hydroxylation sites is 1. The molecule has 2 aromatic rings. The second-order valence-electron chi connectivity index (χ2n) is 8.63. The number of aryl methyl sites for hydroxylation is 1. The summed E-state index contributed by atoms with van der Waals surface area (Å²) >= 11 is 0. The highest BCUT2D eigenvalue weighted by Gasteiger charge is 2.44. The maximum atomic E-state index is 13.1. The quantitative estimate of drug-likeness (QED) is 0.838. The van der Waals surface area contributed by atoms with E-state index in [1.165, 1.54) is 12.8 Å². The molecule has 2 aliphatic rings. The molecule has 0 radical (unpaired) electrons. The van der Waals surface area contributed by atoms with Gasteiger partial charge in [0.1, 0.15) is 5.56 Å². The summed E-state index contributed by atoms with van der Waals surface area (Å²) in [6.07, 6.45) is 4.58. The highest BCUT2D eigenvalue weighted by molar-refractivity contribution is 5.97. The summed E-state index contributed by atoms with van der Waals surface area (Å²) in [5.74, 6) is 1.27. The molecule has 1 aromatic heterocycles. The van der Waals surface area contributed by atoms with Gasteiger partial charge in [-0.3, -0.25) is 9.59 Å². The fraction of sp³-hybridized carbons (Fsp3) is 0.545. The van der Waals surface area contributed by atoms with Gasteiger partial charge in [-0.2, -0.15) is 0 Å². The summed E-state index contributed by atoms with van der Waals surface area (Å²) < 4.78 is 1.58. The fourth-order valence-corrected chi connectivity index (χ4v) is 5.22. The standard InChI is InChI=1S/C22H29N3O2/c1-23(2)17-9-15-11-18(12-16(15)10-17)24(3)21(26)19-13-14-7-5-6-8-20(14)25(4)22(19)27/h5-8,13,15-18H,9-12H2,1-4H3/t15-,16+,17?,18?. The van der Waals surface area contributed by atoms with E-state index in [0.29, 0.717) is 17.9 Å². The van der Waals surface area contributed by atoms with Gasteiger partial charge in [-0.1, -0.05) is 18.2 Å². The summed E-state index contributed by atoms with van der Waals surface area (Å²) in [5.41, 5.74) is 0.921. The molecule has 5 nitrogen and oxygen atoms in total. The fourth-order valence-electron chi connectivity index (χ4n) is 5.22. The highest BCUT2D eigenvalue weighted by atomic mass is 16.2. The Morgan fingerprint density at radius 1 is 1.00 bits per heavy atom. The number of benzene rings is 1. The van der Waals surface area contributed by atoms with Crippen molar-refractivity contribution in [3.05, 3.63) is 46.2 Å². The van der Waals surface area contributed by atoms with Gasteiger partial charge in [0.05, 0.1) is 5.52 Å². The minimum atomic E-state index is -0.212. The molecule has 2 saturated carbocycles. The first-order valence-corrected chi connectivity index (χ1v) is 9.89. The van der Waals surface area contributed by atoms with E-state index >= 15 is 0 Å². The van der Waals surface area contributed by atoms with Crippen molar-refractivity contribution in [3.8, 4) is 0 Å². The number of carbonyl (C=O) groups excluding carboxylic acids is 1. The van der Waals surface area contributed by atoms with Crippen LogP contribution in [0.15, 0.2) is 35.1 Å². The zero-order valence-corrected chi connectivity index (χ0v) is 16.7. The molecule has 27 heavy (non-hydrogen) atoms. The molecule has 2 unspecified atom stereocenters. The summed E-state index contributed by atoms with van der Waals surface area (Å²) in [7, 11) is 7.93. The molecule has 1 amide bonds. The number of carbonyl (C=O) groups is 1. The van der Waals surface area contributed by atoms with Gasteiger partial charge in [0.25, 0.3) is 11.5 Å². The second kappa shape index (κ2) is 6.79. The van der Waals surface area contributed by atoms with Crippen LogP contribution in [-0.4, -0.2) is 53.5 Å². The van der Waals surface area contributed by atoms with Crippen molar-refractivity contribution in [1.29, 1.82) is 0 Å². The Bertz CT molecular complexity index is 919. The summed E-state index contributed by atoms with van der Waals surface area (Å²) in [4.78, 5) is 30.1. The van der Waals surface area contributed by atoms with Crippen LogP contribution in [0.1, 0.15) is 36.0 Å². The molecule has 144 valence electrons. The average molecular weight is 367 g/mol. The van der Waals surface area contributed by atoms with Crippen LogP contribution in [0, 0.1) is 11.8 Å². The van der Waals surface area contributed by atoms with E-state index < -0.39 is 0 Å². The third-order valence-corrected chi connectivity index (χ3v) is 6.93. The number of fused-ring (bicyclic) bond motifs is 2. The molecular weight excluding hydrogens is 338 g/mol. The maximum absolute atomic E-state index is 13.1. The average Bonchev–Trinajstić information content (AvgIpc) is 3.23. The van der Waals surface area contributed by atoms with Gasteiger partial charge in [-0.25, -0.2) is 0 Å². The third kappa shape index (κ3) is 3.08. The summed E-state index contributed by atoms with van der Waals surface area (Å²) in [5, 5.41) is 0.925. The summed E-state index contributed by atoms with van der Waals surface area (Å²) in [6, 6.07) is 10.4. The minimum Gasteiger partial charge on any atom is -0.339 e. The van der Waals surface area contributed by atoms with Gasteiger partial charge in [-0.05, 0) is 69.1 Å². The minimum absolute atomic E-state index is 0.143. The lowest BCUT2D eigenvalue weighted by Crippen LogP contribution is -2.39. The first-order chi connectivity index (χ1) is 12.9. The van der Waals surface area contributed by atoms with E-state index in [4.69, 9.17) is 0 Å².